The molecular formula is C19H28N4OS. The normalized spacial score (nSPS) is 22.7. The first kappa shape index (κ1) is 17.2. The van der Waals surface area contributed by atoms with Crippen LogP contribution in [-0.4, -0.2) is 54.3 Å². The number of rotatable bonds is 3. The van der Waals surface area contributed by atoms with Crippen molar-refractivity contribution in [1.29, 1.82) is 0 Å². The molecule has 5 nitrogen and oxygen atoms in total. The van der Waals surface area contributed by atoms with Crippen LogP contribution < -0.4 is 4.90 Å². The van der Waals surface area contributed by atoms with Crippen molar-refractivity contribution in [2.75, 3.05) is 44.3 Å². The van der Waals surface area contributed by atoms with Gasteiger partial charge in [-0.2, -0.15) is 0 Å². The zero-order chi connectivity index (χ0) is 17.4. The molecular weight excluding hydrogens is 332 g/mol. The van der Waals surface area contributed by atoms with Crippen LogP contribution in [0.5, 0.6) is 0 Å². The van der Waals surface area contributed by atoms with E-state index in [1.165, 1.54) is 34.5 Å². The van der Waals surface area contributed by atoms with Gasteiger partial charge in [-0.15, -0.1) is 11.3 Å². The molecule has 2 aromatic rings. The van der Waals surface area contributed by atoms with Crippen molar-refractivity contribution in [2.45, 2.75) is 40.2 Å². The number of aromatic nitrogens is 2. The number of hydrogen-bond acceptors (Lipinski definition) is 6. The van der Waals surface area contributed by atoms with Gasteiger partial charge in [0.25, 0.3) is 0 Å². The Morgan fingerprint density at radius 3 is 2.72 bits per heavy atom. The molecule has 25 heavy (non-hydrogen) atoms. The maximum atomic E-state index is 5.47. The molecule has 0 radical (unpaired) electrons. The zero-order valence-electron chi connectivity index (χ0n) is 15.5. The lowest BCUT2D eigenvalue weighted by molar-refractivity contribution is 0.0331. The van der Waals surface area contributed by atoms with E-state index in [2.05, 4.69) is 30.6 Å². The number of hydrogen-bond donors (Lipinski definition) is 0. The third-order valence-electron chi connectivity index (χ3n) is 5.48. The molecule has 4 rings (SSSR count). The Morgan fingerprint density at radius 2 is 1.96 bits per heavy atom. The van der Waals surface area contributed by atoms with Crippen molar-refractivity contribution < 1.29 is 4.74 Å². The summed E-state index contributed by atoms with van der Waals surface area (Å²) in [4.78, 5) is 17.4. The summed E-state index contributed by atoms with van der Waals surface area (Å²) >= 11 is 1.81. The molecule has 0 bridgehead atoms. The maximum Gasteiger partial charge on any atom is 0.146 e. The highest BCUT2D eigenvalue weighted by Crippen LogP contribution is 2.36. The fourth-order valence-electron chi connectivity index (χ4n) is 3.91. The molecule has 2 aliphatic rings. The van der Waals surface area contributed by atoms with Gasteiger partial charge in [-0.05, 0) is 38.2 Å². The first-order valence-electron chi connectivity index (χ1n) is 9.43. The zero-order valence-corrected chi connectivity index (χ0v) is 16.4. The average molecular weight is 361 g/mol. The largest absolute Gasteiger partial charge is 0.379 e. The molecule has 2 saturated heterocycles. The van der Waals surface area contributed by atoms with Crippen LogP contribution in [0.3, 0.4) is 0 Å². The number of thiophene rings is 1. The van der Waals surface area contributed by atoms with E-state index < -0.39 is 0 Å². The van der Waals surface area contributed by atoms with Crippen molar-refractivity contribution in [1.82, 2.24) is 14.9 Å². The average Bonchev–Trinajstić information content (AvgIpc) is 2.89. The van der Waals surface area contributed by atoms with Crippen molar-refractivity contribution >= 4 is 27.4 Å². The molecule has 0 spiro atoms. The highest BCUT2D eigenvalue weighted by Gasteiger charge is 2.24. The van der Waals surface area contributed by atoms with E-state index in [1.807, 2.05) is 11.3 Å². The Bertz CT molecular complexity index is 753. The van der Waals surface area contributed by atoms with Crippen LogP contribution in [0, 0.1) is 19.8 Å². The lowest BCUT2D eigenvalue weighted by atomic mass is 10.00. The van der Waals surface area contributed by atoms with Gasteiger partial charge in [0.1, 0.15) is 16.5 Å². The summed E-state index contributed by atoms with van der Waals surface area (Å²) in [6.07, 6.45) is 2.58. The fraction of sp³-hybridized carbons (Fsp3) is 0.684. The van der Waals surface area contributed by atoms with Crippen LogP contribution in [0.15, 0.2) is 0 Å². The Balaban J connectivity index is 1.72. The SMILES string of the molecule is Cc1sc2nc(CN3CCOCC3)nc(N3CCCC(C)C3)c2c1C. The number of morpholine rings is 1. The van der Waals surface area contributed by atoms with Crippen molar-refractivity contribution in [3.8, 4) is 0 Å². The van der Waals surface area contributed by atoms with Gasteiger partial charge in [0.2, 0.25) is 0 Å². The fourth-order valence-corrected chi connectivity index (χ4v) is 4.95. The second kappa shape index (κ2) is 7.17. The predicted molar refractivity (Wildman–Crippen MR) is 104 cm³/mol. The highest BCUT2D eigenvalue weighted by molar-refractivity contribution is 7.18. The molecule has 0 aromatic carbocycles. The summed E-state index contributed by atoms with van der Waals surface area (Å²) in [6, 6.07) is 0. The molecule has 2 aromatic heterocycles. The molecule has 0 amide bonds. The third kappa shape index (κ3) is 3.52. The Morgan fingerprint density at radius 1 is 1.16 bits per heavy atom. The van der Waals surface area contributed by atoms with Gasteiger partial charge >= 0.3 is 0 Å². The van der Waals surface area contributed by atoms with E-state index in [0.717, 1.165) is 62.5 Å². The number of aryl methyl sites for hydroxylation is 2. The summed E-state index contributed by atoms with van der Waals surface area (Å²) < 4.78 is 5.47. The van der Waals surface area contributed by atoms with Gasteiger partial charge in [0, 0.05) is 31.1 Å². The molecule has 1 atom stereocenters. The van der Waals surface area contributed by atoms with Gasteiger partial charge in [0.15, 0.2) is 0 Å². The number of ether oxygens (including phenoxy) is 1. The van der Waals surface area contributed by atoms with Gasteiger partial charge in [-0.3, -0.25) is 4.90 Å². The monoisotopic (exact) mass is 360 g/mol. The summed E-state index contributed by atoms with van der Waals surface area (Å²) in [7, 11) is 0. The van der Waals surface area contributed by atoms with Crippen molar-refractivity contribution in [2.24, 2.45) is 5.92 Å². The first-order chi connectivity index (χ1) is 12.1. The number of fused-ring (bicyclic) bond motifs is 1. The topological polar surface area (TPSA) is 41.5 Å². The highest BCUT2D eigenvalue weighted by atomic mass is 32.1. The number of nitrogens with zero attached hydrogens (tertiary/aromatic N) is 4. The molecule has 4 heterocycles. The minimum atomic E-state index is 0.737. The summed E-state index contributed by atoms with van der Waals surface area (Å²) in [5, 5.41) is 1.28. The van der Waals surface area contributed by atoms with E-state index in [0.29, 0.717) is 0 Å². The van der Waals surface area contributed by atoms with E-state index in [1.54, 1.807) is 0 Å². The first-order valence-corrected chi connectivity index (χ1v) is 10.2. The maximum absolute atomic E-state index is 5.47. The smallest absolute Gasteiger partial charge is 0.146 e. The number of anilines is 1. The molecule has 136 valence electrons. The molecule has 0 N–H and O–H groups in total. The van der Waals surface area contributed by atoms with Crippen molar-refractivity contribution in [3.63, 3.8) is 0 Å². The summed E-state index contributed by atoms with van der Waals surface area (Å²) in [6.45, 7) is 13.4. The van der Waals surface area contributed by atoms with Gasteiger partial charge < -0.3 is 9.64 Å². The van der Waals surface area contributed by atoms with E-state index in [-0.39, 0.29) is 0 Å². The predicted octanol–water partition coefficient (Wildman–Crippen LogP) is 3.38. The minimum Gasteiger partial charge on any atom is -0.379 e. The van der Waals surface area contributed by atoms with Crippen LogP contribution in [-0.2, 0) is 11.3 Å². The lowest BCUT2D eigenvalue weighted by Gasteiger charge is -2.33. The quantitative estimate of drug-likeness (QED) is 0.839. The van der Waals surface area contributed by atoms with E-state index in [4.69, 9.17) is 14.7 Å². The molecule has 2 fully saturated rings. The lowest BCUT2D eigenvalue weighted by Crippen LogP contribution is -2.37. The molecule has 1 unspecified atom stereocenters. The van der Waals surface area contributed by atoms with Gasteiger partial charge in [0.05, 0.1) is 25.1 Å². The van der Waals surface area contributed by atoms with Crippen LogP contribution >= 0.6 is 11.3 Å². The molecule has 0 aliphatic carbocycles. The second-order valence-corrected chi connectivity index (χ2v) is 8.71. The minimum absolute atomic E-state index is 0.737. The standard InChI is InChI=1S/C19H28N4OS/c1-13-5-4-6-23(11-13)18-17-14(2)15(3)25-19(17)21-16(20-18)12-22-7-9-24-10-8-22/h13H,4-12H2,1-3H3. The van der Waals surface area contributed by atoms with Crippen LogP contribution in [0.2, 0.25) is 0 Å². The van der Waals surface area contributed by atoms with Gasteiger partial charge in [-0.1, -0.05) is 6.92 Å². The van der Waals surface area contributed by atoms with Crippen LogP contribution in [0.25, 0.3) is 10.2 Å². The molecule has 6 heteroatoms. The van der Waals surface area contributed by atoms with Crippen LogP contribution in [0.1, 0.15) is 36.0 Å². The summed E-state index contributed by atoms with van der Waals surface area (Å²) in [5.41, 5.74) is 1.35. The van der Waals surface area contributed by atoms with Crippen molar-refractivity contribution in [3.05, 3.63) is 16.3 Å². The molecule has 2 aliphatic heterocycles. The number of piperidine rings is 1. The van der Waals surface area contributed by atoms with Gasteiger partial charge in [-0.25, -0.2) is 9.97 Å². The van der Waals surface area contributed by atoms with E-state index >= 15 is 0 Å². The Labute approximate surface area is 154 Å². The Hall–Kier alpha value is -1.24. The summed E-state index contributed by atoms with van der Waals surface area (Å²) in [5.74, 6) is 2.87. The van der Waals surface area contributed by atoms with Crippen LogP contribution in [0.4, 0.5) is 5.82 Å². The Kier molecular flexibility index (Phi) is 4.93. The molecule has 0 saturated carbocycles. The third-order valence-corrected chi connectivity index (χ3v) is 6.58. The second-order valence-electron chi connectivity index (χ2n) is 7.51. The van der Waals surface area contributed by atoms with E-state index in [9.17, 15) is 0 Å².